The van der Waals surface area contributed by atoms with Crippen molar-refractivity contribution in [3.63, 3.8) is 0 Å². The predicted octanol–water partition coefficient (Wildman–Crippen LogP) is 4.24. The molecule has 0 aliphatic rings. The Balaban J connectivity index is 3.39. The van der Waals surface area contributed by atoms with Gasteiger partial charge in [-0.3, -0.25) is 0 Å². The van der Waals surface area contributed by atoms with Crippen molar-refractivity contribution in [3.05, 3.63) is 0 Å². The van der Waals surface area contributed by atoms with Gasteiger partial charge >= 0.3 is 6.11 Å². The normalized spacial score (nSPS) is 13.0. The molecule has 0 aliphatic heterocycles. The lowest BCUT2D eigenvalue weighted by Crippen LogP contribution is -2.21. The quantitative estimate of drug-likeness (QED) is 0.414. The molecule has 18 heavy (non-hydrogen) atoms. The summed E-state index contributed by atoms with van der Waals surface area (Å²) in [6.45, 7) is 2.79. The fraction of sp³-hybridized carbons (Fsp3) is 1.00. The van der Waals surface area contributed by atoms with Crippen LogP contribution in [0, 0.1) is 0 Å². The Morgan fingerprint density at radius 2 is 1.56 bits per heavy atom. The standard InChI is InChI=1S/C12H22F4O2/c1-3-8-18-12(15,16)6-4-5-9-17-10-7-11(2,13)14/h3-10H2,1-2H3. The van der Waals surface area contributed by atoms with Gasteiger partial charge in [0.1, 0.15) is 0 Å². The number of halogens is 4. The van der Waals surface area contributed by atoms with E-state index in [2.05, 4.69) is 4.74 Å². The molecular formula is C12H22F4O2. The van der Waals surface area contributed by atoms with Gasteiger partial charge in [-0.1, -0.05) is 6.92 Å². The van der Waals surface area contributed by atoms with E-state index in [1.165, 1.54) is 0 Å². The summed E-state index contributed by atoms with van der Waals surface area (Å²) in [7, 11) is 0. The Kier molecular flexibility index (Phi) is 8.52. The number of unbranched alkanes of at least 4 members (excludes halogenated alkanes) is 1. The van der Waals surface area contributed by atoms with Crippen LogP contribution in [0.2, 0.25) is 0 Å². The van der Waals surface area contributed by atoms with Crippen molar-refractivity contribution in [2.24, 2.45) is 0 Å². The van der Waals surface area contributed by atoms with E-state index in [0.717, 1.165) is 6.92 Å². The van der Waals surface area contributed by atoms with Gasteiger partial charge in [-0.2, -0.15) is 8.78 Å². The molecule has 2 nitrogen and oxygen atoms in total. The van der Waals surface area contributed by atoms with Gasteiger partial charge in [0, 0.05) is 19.4 Å². The third-order valence-corrected chi connectivity index (χ3v) is 2.21. The van der Waals surface area contributed by atoms with Crippen LogP contribution in [-0.2, 0) is 9.47 Å². The van der Waals surface area contributed by atoms with Crippen LogP contribution in [-0.4, -0.2) is 31.9 Å². The minimum atomic E-state index is -3.09. The van der Waals surface area contributed by atoms with Crippen molar-refractivity contribution in [2.45, 2.75) is 58.0 Å². The third-order valence-electron chi connectivity index (χ3n) is 2.21. The maximum absolute atomic E-state index is 13.0. The van der Waals surface area contributed by atoms with E-state index >= 15 is 0 Å². The smallest absolute Gasteiger partial charge is 0.355 e. The van der Waals surface area contributed by atoms with Gasteiger partial charge in [0.15, 0.2) is 0 Å². The van der Waals surface area contributed by atoms with E-state index in [0.29, 0.717) is 12.8 Å². The summed E-state index contributed by atoms with van der Waals surface area (Å²) in [5.41, 5.74) is 0. The predicted molar refractivity (Wildman–Crippen MR) is 61.1 cm³/mol. The Morgan fingerprint density at radius 1 is 0.889 bits per heavy atom. The SMILES string of the molecule is CCCOC(F)(F)CCCCOCCC(C)(F)F. The van der Waals surface area contributed by atoms with Gasteiger partial charge in [0.25, 0.3) is 0 Å². The number of alkyl halides is 4. The van der Waals surface area contributed by atoms with Crippen LogP contribution in [0.4, 0.5) is 17.6 Å². The highest BCUT2D eigenvalue weighted by Crippen LogP contribution is 2.23. The molecule has 0 rings (SSSR count). The summed E-state index contributed by atoms with van der Waals surface area (Å²) in [4.78, 5) is 0. The molecular weight excluding hydrogens is 252 g/mol. The highest BCUT2D eigenvalue weighted by Gasteiger charge is 2.28. The molecule has 0 atom stereocenters. The van der Waals surface area contributed by atoms with Gasteiger partial charge in [-0.25, -0.2) is 8.78 Å². The molecule has 110 valence electrons. The molecule has 0 saturated carbocycles. The summed E-state index contributed by atoms with van der Waals surface area (Å²) < 4.78 is 60.0. The lowest BCUT2D eigenvalue weighted by molar-refractivity contribution is -0.242. The fourth-order valence-electron chi connectivity index (χ4n) is 1.21. The van der Waals surface area contributed by atoms with Crippen molar-refractivity contribution in [2.75, 3.05) is 19.8 Å². The zero-order valence-electron chi connectivity index (χ0n) is 11.0. The van der Waals surface area contributed by atoms with Gasteiger partial charge in [0.05, 0.1) is 13.2 Å². The monoisotopic (exact) mass is 274 g/mol. The third kappa shape index (κ3) is 12.1. The number of rotatable bonds is 11. The van der Waals surface area contributed by atoms with Crippen LogP contribution in [0.25, 0.3) is 0 Å². The van der Waals surface area contributed by atoms with E-state index in [-0.39, 0.29) is 39.1 Å². The Hall–Kier alpha value is -0.360. The molecule has 0 radical (unpaired) electrons. The summed E-state index contributed by atoms with van der Waals surface area (Å²) in [6, 6.07) is 0. The van der Waals surface area contributed by atoms with Crippen LogP contribution < -0.4 is 0 Å². The first-order chi connectivity index (χ1) is 8.27. The zero-order valence-corrected chi connectivity index (χ0v) is 11.0. The van der Waals surface area contributed by atoms with Crippen LogP contribution in [0.1, 0.15) is 46.0 Å². The number of hydrogen-bond donors (Lipinski definition) is 0. The Morgan fingerprint density at radius 3 is 2.11 bits per heavy atom. The zero-order chi connectivity index (χ0) is 14.1. The molecule has 0 aromatic heterocycles. The van der Waals surface area contributed by atoms with Gasteiger partial charge in [-0.15, -0.1) is 0 Å². The number of hydrogen-bond acceptors (Lipinski definition) is 2. The second kappa shape index (κ2) is 8.69. The summed E-state index contributed by atoms with van der Waals surface area (Å²) >= 11 is 0. The van der Waals surface area contributed by atoms with Crippen molar-refractivity contribution < 1.29 is 27.0 Å². The first kappa shape index (κ1) is 17.6. The molecule has 0 amide bonds. The second-order valence-corrected chi connectivity index (χ2v) is 4.38. The molecule has 0 aromatic rings. The molecule has 0 heterocycles. The lowest BCUT2D eigenvalue weighted by atomic mass is 10.2. The molecule has 0 aromatic carbocycles. The van der Waals surface area contributed by atoms with E-state index in [4.69, 9.17) is 4.74 Å². The first-order valence-electron chi connectivity index (χ1n) is 6.24. The molecule has 0 unspecified atom stereocenters. The number of ether oxygens (including phenoxy) is 2. The summed E-state index contributed by atoms with van der Waals surface area (Å²) in [5.74, 6) is -2.74. The van der Waals surface area contributed by atoms with Gasteiger partial charge < -0.3 is 9.47 Å². The lowest BCUT2D eigenvalue weighted by Gasteiger charge is -2.16. The molecule has 0 fully saturated rings. The first-order valence-corrected chi connectivity index (χ1v) is 6.24. The van der Waals surface area contributed by atoms with Crippen molar-refractivity contribution in [3.8, 4) is 0 Å². The van der Waals surface area contributed by atoms with E-state index in [9.17, 15) is 17.6 Å². The molecule has 0 N–H and O–H groups in total. The Labute approximate surface area is 106 Å². The average Bonchev–Trinajstić information content (AvgIpc) is 2.23. The largest absolute Gasteiger partial charge is 0.381 e. The molecule has 0 aliphatic carbocycles. The van der Waals surface area contributed by atoms with Crippen LogP contribution in [0.5, 0.6) is 0 Å². The van der Waals surface area contributed by atoms with Crippen LogP contribution in [0.15, 0.2) is 0 Å². The maximum Gasteiger partial charge on any atom is 0.355 e. The van der Waals surface area contributed by atoms with Crippen LogP contribution in [0.3, 0.4) is 0 Å². The van der Waals surface area contributed by atoms with Crippen molar-refractivity contribution in [1.29, 1.82) is 0 Å². The van der Waals surface area contributed by atoms with E-state index < -0.39 is 12.0 Å². The molecule has 0 saturated heterocycles. The maximum atomic E-state index is 13.0. The van der Waals surface area contributed by atoms with Gasteiger partial charge in [0.2, 0.25) is 5.92 Å². The minimum absolute atomic E-state index is 0.0368. The Bertz CT molecular complexity index is 205. The van der Waals surface area contributed by atoms with Crippen LogP contribution >= 0.6 is 0 Å². The van der Waals surface area contributed by atoms with Crippen molar-refractivity contribution in [1.82, 2.24) is 0 Å². The molecule has 0 bridgehead atoms. The highest BCUT2D eigenvalue weighted by molar-refractivity contribution is 4.57. The molecule has 0 spiro atoms. The molecule has 6 heteroatoms. The second-order valence-electron chi connectivity index (χ2n) is 4.38. The summed E-state index contributed by atoms with van der Waals surface area (Å²) in [6.07, 6.45) is -2.58. The highest BCUT2D eigenvalue weighted by atomic mass is 19.3. The summed E-state index contributed by atoms with van der Waals surface area (Å²) in [5, 5.41) is 0. The van der Waals surface area contributed by atoms with E-state index in [1.807, 2.05) is 0 Å². The topological polar surface area (TPSA) is 18.5 Å². The minimum Gasteiger partial charge on any atom is -0.381 e. The van der Waals surface area contributed by atoms with Gasteiger partial charge in [-0.05, 0) is 26.2 Å². The van der Waals surface area contributed by atoms with E-state index in [1.54, 1.807) is 6.92 Å². The average molecular weight is 274 g/mol. The van der Waals surface area contributed by atoms with Crippen molar-refractivity contribution >= 4 is 0 Å². The fourth-order valence-corrected chi connectivity index (χ4v) is 1.21.